The van der Waals surface area contributed by atoms with Gasteiger partial charge in [0, 0.05) is 24.7 Å². The lowest BCUT2D eigenvalue weighted by atomic mass is 10.0. The van der Waals surface area contributed by atoms with Crippen LogP contribution in [0.2, 0.25) is 0 Å². The summed E-state index contributed by atoms with van der Waals surface area (Å²) in [5.74, 6) is -2.78. The fourth-order valence-corrected chi connectivity index (χ4v) is 3.61. The number of carbonyl (C=O) groups is 4. The Labute approximate surface area is 195 Å². The van der Waals surface area contributed by atoms with Gasteiger partial charge in [0.2, 0.25) is 17.7 Å². The lowest BCUT2D eigenvalue weighted by molar-refractivity contribution is -0.142. The predicted molar refractivity (Wildman–Crippen MR) is 120 cm³/mol. The molecular weight excluding hydrogens is 444 g/mol. The van der Waals surface area contributed by atoms with E-state index in [4.69, 9.17) is 0 Å². The van der Waals surface area contributed by atoms with Crippen LogP contribution in [0.1, 0.15) is 24.1 Å². The number of nitrogens with zero attached hydrogens (tertiary/aromatic N) is 1. The Morgan fingerprint density at radius 1 is 1.09 bits per heavy atom. The van der Waals surface area contributed by atoms with Crippen LogP contribution in [0, 0.1) is 0 Å². The normalized spacial score (nSPS) is 16.9. The molecule has 3 unspecified atom stereocenters. The van der Waals surface area contributed by atoms with Crippen LogP contribution in [-0.4, -0.2) is 75.1 Å². The van der Waals surface area contributed by atoms with Gasteiger partial charge >= 0.3 is 5.97 Å². The van der Waals surface area contributed by atoms with Crippen molar-refractivity contribution in [1.29, 1.82) is 0 Å². The van der Waals surface area contributed by atoms with Crippen molar-refractivity contribution in [3.8, 4) is 5.75 Å². The molecule has 3 amide bonds. The Kier molecular flexibility index (Phi) is 8.57. The van der Waals surface area contributed by atoms with Crippen molar-refractivity contribution in [3.63, 3.8) is 0 Å². The summed E-state index contributed by atoms with van der Waals surface area (Å²) in [6.07, 6.45) is 4.51. The van der Waals surface area contributed by atoms with Gasteiger partial charge in [0.1, 0.15) is 17.8 Å². The number of aromatic hydroxyl groups is 1. The molecule has 12 heteroatoms. The molecule has 2 aromatic rings. The highest BCUT2D eigenvalue weighted by molar-refractivity contribution is 5.92. The van der Waals surface area contributed by atoms with Crippen LogP contribution in [0.5, 0.6) is 5.75 Å². The van der Waals surface area contributed by atoms with Crippen LogP contribution in [-0.2, 0) is 32.0 Å². The summed E-state index contributed by atoms with van der Waals surface area (Å²) in [5, 5.41) is 29.6. The summed E-state index contributed by atoms with van der Waals surface area (Å²) in [5.41, 5.74) is 1.16. The minimum Gasteiger partial charge on any atom is -0.508 e. The van der Waals surface area contributed by atoms with E-state index in [0.29, 0.717) is 17.7 Å². The van der Waals surface area contributed by atoms with E-state index < -0.39 is 29.9 Å². The van der Waals surface area contributed by atoms with Crippen LogP contribution in [0.15, 0.2) is 36.8 Å². The molecule has 1 aliphatic heterocycles. The van der Waals surface area contributed by atoms with Gasteiger partial charge in [0.25, 0.3) is 0 Å². The number of aromatic nitrogens is 2. The highest BCUT2D eigenvalue weighted by Gasteiger charge is 2.28. The Hall–Kier alpha value is -3.93. The van der Waals surface area contributed by atoms with E-state index in [1.165, 1.54) is 24.7 Å². The second-order valence-corrected chi connectivity index (χ2v) is 8.04. The van der Waals surface area contributed by atoms with Crippen molar-refractivity contribution in [1.82, 2.24) is 31.2 Å². The standard InChI is InChI=1S/C22H28N6O6/c29-15-5-3-13(4-6-15)8-18(22(33)34)28-21(32)17(9-14-10-23-12-26-14)27-19(30)11-25-20(31)16-2-1-7-24-16/h3-6,10,12,16-18,24,29H,1-2,7-9,11H2,(H,23,26)(H,25,31)(H,27,30)(H,28,32)(H,33,34). The van der Waals surface area contributed by atoms with Gasteiger partial charge in [0.15, 0.2) is 0 Å². The van der Waals surface area contributed by atoms with E-state index in [1.807, 2.05) is 0 Å². The van der Waals surface area contributed by atoms with E-state index in [9.17, 15) is 29.4 Å². The molecule has 0 spiro atoms. The average Bonchev–Trinajstić information content (AvgIpc) is 3.52. The number of benzene rings is 1. The zero-order valence-corrected chi connectivity index (χ0v) is 18.4. The van der Waals surface area contributed by atoms with Gasteiger partial charge in [-0.05, 0) is 37.1 Å². The average molecular weight is 473 g/mol. The highest BCUT2D eigenvalue weighted by atomic mass is 16.4. The summed E-state index contributed by atoms with van der Waals surface area (Å²) in [6.45, 7) is 0.422. The molecule has 3 rings (SSSR count). The van der Waals surface area contributed by atoms with Crippen LogP contribution in [0.3, 0.4) is 0 Å². The molecule has 1 aliphatic rings. The smallest absolute Gasteiger partial charge is 0.326 e. The summed E-state index contributed by atoms with van der Waals surface area (Å²) >= 11 is 0. The molecule has 0 radical (unpaired) electrons. The Bertz CT molecular complexity index is 988. The van der Waals surface area contributed by atoms with E-state index in [2.05, 4.69) is 31.2 Å². The fraction of sp³-hybridized carbons (Fsp3) is 0.409. The third-order valence-electron chi connectivity index (χ3n) is 5.42. The minimum atomic E-state index is -1.26. The number of rotatable bonds is 11. The van der Waals surface area contributed by atoms with Crippen molar-refractivity contribution in [2.45, 2.75) is 43.8 Å². The number of hydrogen-bond donors (Lipinski definition) is 7. The van der Waals surface area contributed by atoms with Gasteiger partial charge < -0.3 is 36.5 Å². The quantitative estimate of drug-likeness (QED) is 0.213. The number of carboxylic acids is 1. The van der Waals surface area contributed by atoms with Gasteiger partial charge in [0.05, 0.1) is 18.9 Å². The number of nitrogens with one attached hydrogen (secondary N) is 5. The lowest BCUT2D eigenvalue weighted by Gasteiger charge is -2.21. The summed E-state index contributed by atoms with van der Waals surface area (Å²) in [6, 6.07) is 3.27. The maximum atomic E-state index is 13.0. The number of carbonyl (C=O) groups excluding carboxylic acids is 3. The van der Waals surface area contributed by atoms with Crippen molar-refractivity contribution < 1.29 is 29.4 Å². The first-order valence-corrected chi connectivity index (χ1v) is 10.9. The van der Waals surface area contributed by atoms with Crippen LogP contribution >= 0.6 is 0 Å². The number of imidazole rings is 1. The number of phenolic OH excluding ortho intramolecular Hbond substituents is 1. The molecule has 34 heavy (non-hydrogen) atoms. The van der Waals surface area contributed by atoms with Crippen molar-refractivity contribution in [2.75, 3.05) is 13.1 Å². The summed E-state index contributed by atoms with van der Waals surface area (Å²) in [7, 11) is 0. The van der Waals surface area contributed by atoms with E-state index in [-0.39, 0.29) is 37.1 Å². The molecule has 1 aromatic carbocycles. The zero-order valence-electron chi connectivity index (χ0n) is 18.4. The van der Waals surface area contributed by atoms with E-state index in [1.54, 1.807) is 12.1 Å². The molecular formula is C22H28N6O6. The maximum Gasteiger partial charge on any atom is 0.326 e. The molecule has 0 bridgehead atoms. The van der Waals surface area contributed by atoms with Gasteiger partial charge in [-0.15, -0.1) is 0 Å². The highest BCUT2D eigenvalue weighted by Crippen LogP contribution is 2.12. The second kappa shape index (κ2) is 11.8. The zero-order chi connectivity index (χ0) is 24.5. The van der Waals surface area contributed by atoms with Crippen LogP contribution in [0.25, 0.3) is 0 Å². The molecule has 182 valence electrons. The van der Waals surface area contributed by atoms with Crippen molar-refractivity contribution in [2.24, 2.45) is 0 Å². The van der Waals surface area contributed by atoms with E-state index in [0.717, 1.165) is 13.0 Å². The Morgan fingerprint density at radius 2 is 1.85 bits per heavy atom. The topological polar surface area (TPSA) is 186 Å². The molecule has 1 fully saturated rings. The number of phenols is 1. The largest absolute Gasteiger partial charge is 0.508 e. The number of H-pyrrole nitrogens is 1. The number of carboxylic acid groups (broad SMARTS) is 1. The summed E-state index contributed by atoms with van der Waals surface area (Å²) < 4.78 is 0. The molecule has 7 N–H and O–H groups in total. The number of amides is 3. The lowest BCUT2D eigenvalue weighted by Crippen LogP contribution is -2.54. The van der Waals surface area contributed by atoms with E-state index >= 15 is 0 Å². The fourth-order valence-electron chi connectivity index (χ4n) is 3.61. The molecule has 0 saturated carbocycles. The molecule has 2 heterocycles. The van der Waals surface area contributed by atoms with Gasteiger partial charge in [-0.1, -0.05) is 12.1 Å². The molecule has 12 nitrogen and oxygen atoms in total. The van der Waals surface area contributed by atoms with Crippen molar-refractivity contribution in [3.05, 3.63) is 48.0 Å². The Balaban J connectivity index is 1.62. The third-order valence-corrected chi connectivity index (χ3v) is 5.42. The number of aliphatic carboxylic acids is 1. The van der Waals surface area contributed by atoms with Crippen LogP contribution < -0.4 is 21.3 Å². The minimum absolute atomic E-state index is 0.0173. The Morgan fingerprint density at radius 3 is 2.47 bits per heavy atom. The first-order chi connectivity index (χ1) is 16.3. The number of hydrogen-bond acceptors (Lipinski definition) is 7. The third kappa shape index (κ3) is 7.30. The molecule has 1 saturated heterocycles. The number of aromatic amines is 1. The predicted octanol–water partition coefficient (Wildman–Crippen LogP) is -1.18. The molecule has 0 aliphatic carbocycles. The van der Waals surface area contributed by atoms with Crippen LogP contribution in [0.4, 0.5) is 0 Å². The molecule has 1 aromatic heterocycles. The summed E-state index contributed by atoms with van der Waals surface area (Å²) in [4.78, 5) is 56.0. The van der Waals surface area contributed by atoms with Gasteiger partial charge in [-0.25, -0.2) is 9.78 Å². The SMILES string of the molecule is O=C(CNC(=O)C1CCCN1)NC(Cc1cnc[nH]1)C(=O)NC(Cc1ccc(O)cc1)C(=O)O. The van der Waals surface area contributed by atoms with Gasteiger partial charge in [-0.3, -0.25) is 14.4 Å². The second-order valence-electron chi connectivity index (χ2n) is 8.04. The van der Waals surface area contributed by atoms with Crippen molar-refractivity contribution >= 4 is 23.7 Å². The van der Waals surface area contributed by atoms with Gasteiger partial charge in [-0.2, -0.15) is 0 Å². The maximum absolute atomic E-state index is 13.0. The monoisotopic (exact) mass is 472 g/mol. The first-order valence-electron chi connectivity index (χ1n) is 10.9. The molecule has 3 atom stereocenters. The first kappa shape index (κ1) is 24.7.